The highest BCUT2D eigenvalue weighted by Crippen LogP contribution is 2.53. The summed E-state index contributed by atoms with van der Waals surface area (Å²) in [5.41, 5.74) is -2.47. The van der Waals surface area contributed by atoms with E-state index in [-0.39, 0.29) is 11.8 Å². The number of halogens is 7. The Labute approximate surface area is 113 Å². The third-order valence-electron chi connectivity index (χ3n) is 2.71. The van der Waals surface area contributed by atoms with Gasteiger partial charge in [0.15, 0.2) is 0 Å². The second-order valence-electron chi connectivity index (χ2n) is 4.09. The SMILES string of the molecule is FC(F)(F)C(F)(F)C(F)(F)c1conc1-c1ccccc1. The number of alkyl halides is 7. The molecule has 114 valence electrons. The molecule has 0 unspecified atom stereocenters. The second kappa shape index (κ2) is 4.74. The Bertz CT molecular complexity index is 618. The molecule has 0 spiro atoms. The maximum Gasteiger partial charge on any atom is 0.460 e. The van der Waals surface area contributed by atoms with Crippen LogP contribution in [0.4, 0.5) is 30.7 Å². The maximum atomic E-state index is 13.6. The van der Waals surface area contributed by atoms with Crippen molar-refractivity contribution in [3.63, 3.8) is 0 Å². The van der Waals surface area contributed by atoms with Crippen molar-refractivity contribution in [2.75, 3.05) is 0 Å². The predicted octanol–water partition coefficient (Wildman–Crippen LogP) is 4.63. The topological polar surface area (TPSA) is 26.0 Å². The van der Waals surface area contributed by atoms with E-state index in [1.165, 1.54) is 30.3 Å². The van der Waals surface area contributed by atoms with Crippen molar-refractivity contribution in [1.82, 2.24) is 5.16 Å². The fourth-order valence-corrected chi connectivity index (χ4v) is 1.61. The van der Waals surface area contributed by atoms with Crippen molar-refractivity contribution < 1.29 is 35.3 Å². The molecule has 0 saturated heterocycles. The first kappa shape index (κ1) is 15.3. The van der Waals surface area contributed by atoms with Gasteiger partial charge in [0.25, 0.3) is 0 Å². The molecule has 0 aliphatic heterocycles. The average molecular weight is 313 g/mol. The lowest BCUT2D eigenvalue weighted by Crippen LogP contribution is -2.50. The van der Waals surface area contributed by atoms with E-state index in [0.717, 1.165) is 0 Å². The number of benzene rings is 1. The molecule has 0 aliphatic rings. The minimum absolute atomic E-state index is 0.0705. The van der Waals surface area contributed by atoms with Gasteiger partial charge >= 0.3 is 18.0 Å². The standard InChI is InChI=1S/C12H6F7NO/c13-10(14,11(15,16)12(17,18)19)8-6-21-20-9(8)7-4-2-1-3-5-7/h1-6H. The smallest absolute Gasteiger partial charge is 0.364 e. The third-order valence-corrected chi connectivity index (χ3v) is 2.71. The Balaban J connectivity index is 2.56. The van der Waals surface area contributed by atoms with Crippen molar-refractivity contribution in [2.45, 2.75) is 18.0 Å². The fraction of sp³-hybridized carbons (Fsp3) is 0.250. The van der Waals surface area contributed by atoms with E-state index in [2.05, 4.69) is 9.68 Å². The second-order valence-corrected chi connectivity index (χ2v) is 4.09. The molecule has 0 N–H and O–H groups in total. The Kier molecular flexibility index (Phi) is 3.46. The molecule has 1 aromatic heterocycles. The number of nitrogens with zero attached hydrogens (tertiary/aromatic N) is 1. The van der Waals surface area contributed by atoms with E-state index >= 15 is 0 Å². The van der Waals surface area contributed by atoms with E-state index in [4.69, 9.17) is 0 Å². The van der Waals surface area contributed by atoms with E-state index < -0.39 is 29.3 Å². The first-order valence-corrected chi connectivity index (χ1v) is 5.41. The molecule has 0 bridgehead atoms. The van der Waals surface area contributed by atoms with Crippen molar-refractivity contribution in [3.05, 3.63) is 42.2 Å². The van der Waals surface area contributed by atoms with Gasteiger partial charge in [-0.15, -0.1) is 0 Å². The van der Waals surface area contributed by atoms with Crippen LogP contribution in [0.3, 0.4) is 0 Å². The van der Waals surface area contributed by atoms with Crippen LogP contribution >= 0.6 is 0 Å². The lowest BCUT2D eigenvalue weighted by molar-refractivity contribution is -0.359. The average Bonchev–Trinajstić information content (AvgIpc) is 2.88. The summed E-state index contributed by atoms with van der Waals surface area (Å²) in [6.45, 7) is 0. The largest absolute Gasteiger partial charge is 0.460 e. The molecule has 2 rings (SSSR count). The van der Waals surface area contributed by atoms with Gasteiger partial charge in [0, 0.05) is 5.56 Å². The number of hydrogen-bond acceptors (Lipinski definition) is 2. The molecule has 0 amide bonds. The minimum atomic E-state index is -6.41. The normalized spacial score (nSPS) is 13.5. The zero-order valence-electron chi connectivity index (χ0n) is 9.97. The van der Waals surface area contributed by atoms with Gasteiger partial charge in [0.2, 0.25) is 0 Å². The molecule has 1 aromatic carbocycles. The van der Waals surface area contributed by atoms with Crippen LogP contribution in [0.25, 0.3) is 11.3 Å². The van der Waals surface area contributed by atoms with Gasteiger partial charge in [-0.3, -0.25) is 0 Å². The molecule has 0 atom stereocenters. The van der Waals surface area contributed by atoms with E-state index in [9.17, 15) is 30.7 Å². The predicted molar refractivity (Wildman–Crippen MR) is 56.8 cm³/mol. The summed E-state index contributed by atoms with van der Waals surface area (Å²) in [5, 5.41) is 3.09. The Hall–Kier alpha value is -2.06. The van der Waals surface area contributed by atoms with Crippen molar-refractivity contribution in [1.29, 1.82) is 0 Å². The highest BCUT2D eigenvalue weighted by atomic mass is 19.4. The maximum absolute atomic E-state index is 13.6. The van der Waals surface area contributed by atoms with Crippen LogP contribution in [0.5, 0.6) is 0 Å². The fourth-order valence-electron chi connectivity index (χ4n) is 1.61. The Morgan fingerprint density at radius 2 is 1.43 bits per heavy atom. The summed E-state index contributed by atoms with van der Waals surface area (Å²) >= 11 is 0. The molecule has 2 nitrogen and oxygen atoms in total. The van der Waals surface area contributed by atoms with Crippen molar-refractivity contribution >= 4 is 0 Å². The first-order chi connectivity index (χ1) is 9.59. The number of rotatable bonds is 3. The minimum Gasteiger partial charge on any atom is -0.364 e. The van der Waals surface area contributed by atoms with E-state index in [1.54, 1.807) is 0 Å². The van der Waals surface area contributed by atoms with Crippen LogP contribution in [-0.2, 0) is 5.92 Å². The molecule has 1 heterocycles. The Morgan fingerprint density at radius 3 is 1.95 bits per heavy atom. The van der Waals surface area contributed by atoms with Crippen LogP contribution in [0.1, 0.15) is 5.56 Å². The molecule has 0 aliphatic carbocycles. The molecule has 21 heavy (non-hydrogen) atoms. The summed E-state index contributed by atoms with van der Waals surface area (Å²) < 4.78 is 94.0. The van der Waals surface area contributed by atoms with Gasteiger partial charge < -0.3 is 4.52 Å². The van der Waals surface area contributed by atoms with E-state index in [0.29, 0.717) is 0 Å². The number of hydrogen-bond donors (Lipinski definition) is 0. The van der Waals surface area contributed by atoms with Crippen LogP contribution < -0.4 is 0 Å². The Morgan fingerprint density at radius 1 is 0.857 bits per heavy atom. The zero-order chi connectivity index (χ0) is 15.9. The summed E-state index contributed by atoms with van der Waals surface area (Å²) in [6, 6.07) is 6.72. The summed E-state index contributed by atoms with van der Waals surface area (Å²) in [4.78, 5) is 0. The molecule has 0 saturated carbocycles. The first-order valence-electron chi connectivity index (χ1n) is 5.41. The van der Waals surface area contributed by atoms with Crippen LogP contribution in [0.2, 0.25) is 0 Å². The highest BCUT2D eigenvalue weighted by molar-refractivity contribution is 5.63. The third kappa shape index (κ3) is 2.36. The van der Waals surface area contributed by atoms with Gasteiger partial charge in [-0.2, -0.15) is 30.7 Å². The van der Waals surface area contributed by atoms with Gasteiger partial charge in [0.1, 0.15) is 12.0 Å². The van der Waals surface area contributed by atoms with Gasteiger partial charge in [-0.25, -0.2) is 0 Å². The van der Waals surface area contributed by atoms with Crippen LogP contribution in [0.15, 0.2) is 41.1 Å². The van der Waals surface area contributed by atoms with Crippen molar-refractivity contribution in [3.8, 4) is 11.3 Å². The van der Waals surface area contributed by atoms with Crippen molar-refractivity contribution in [2.24, 2.45) is 0 Å². The van der Waals surface area contributed by atoms with Crippen LogP contribution in [-0.4, -0.2) is 17.3 Å². The number of aromatic nitrogens is 1. The molecule has 0 radical (unpaired) electrons. The molecular formula is C12H6F7NO. The zero-order valence-corrected chi connectivity index (χ0v) is 9.97. The van der Waals surface area contributed by atoms with Crippen LogP contribution in [0, 0.1) is 0 Å². The summed E-state index contributed by atoms with van der Waals surface area (Å²) in [5.74, 6) is -11.8. The van der Waals surface area contributed by atoms with E-state index in [1.807, 2.05) is 0 Å². The quantitative estimate of drug-likeness (QED) is 0.772. The lowest BCUT2D eigenvalue weighted by atomic mass is 9.99. The molecule has 0 fully saturated rings. The molecular weight excluding hydrogens is 307 g/mol. The monoisotopic (exact) mass is 313 g/mol. The highest BCUT2D eigenvalue weighted by Gasteiger charge is 2.74. The van der Waals surface area contributed by atoms with Gasteiger partial charge in [0.05, 0.1) is 5.56 Å². The summed E-state index contributed by atoms with van der Waals surface area (Å²) in [7, 11) is 0. The summed E-state index contributed by atoms with van der Waals surface area (Å²) in [6.07, 6.45) is -6.33. The molecule has 2 aromatic rings. The lowest BCUT2D eigenvalue weighted by Gasteiger charge is -2.27. The van der Waals surface area contributed by atoms with Gasteiger partial charge in [-0.05, 0) is 0 Å². The van der Waals surface area contributed by atoms with Gasteiger partial charge in [-0.1, -0.05) is 35.5 Å². The molecule has 9 heteroatoms.